The second-order valence-corrected chi connectivity index (χ2v) is 9.06. The maximum atomic E-state index is 14.2. The number of halogens is 1. The molecule has 1 aliphatic rings. The van der Waals surface area contributed by atoms with E-state index in [9.17, 15) is 17.6 Å². The number of amides is 1. The van der Waals surface area contributed by atoms with Gasteiger partial charge in [-0.3, -0.25) is 4.79 Å². The van der Waals surface area contributed by atoms with Gasteiger partial charge in [0, 0.05) is 25.2 Å². The van der Waals surface area contributed by atoms with Gasteiger partial charge in [-0.1, -0.05) is 35.9 Å². The van der Waals surface area contributed by atoms with Crippen LogP contribution in [0.25, 0.3) is 0 Å². The maximum Gasteiger partial charge on any atom is 0.243 e. The van der Waals surface area contributed by atoms with Crippen molar-refractivity contribution in [3.63, 3.8) is 0 Å². The molecule has 5 nitrogen and oxygen atoms in total. The van der Waals surface area contributed by atoms with Gasteiger partial charge >= 0.3 is 0 Å². The molecule has 0 bridgehead atoms. The molecular formula is C21H25FN2O3S. The molecule has 2 aromatic carbocycles. The summed E-state index contributed by atoms with van der Waals surface area (Å²) in [6.07, 6.45) is 2.91. The number of carbonyl (C=O) groups is 1. The van der Waals surface area contributed by atoms with E-state index >= 15 is 0 Å². The summed E-state index contributed by atoms with van der Waals surface area (Å²) in [6.45, 7) is 2.65. The number of hydrogen-bond donors (Lipinski definition) is 0. The number of rotatable bonds is 6. The van der Waals surface area contributed by atoms with Crippen LogP contribution in [0.2, 0.25) is 0 Å². The van der Waals surface area contributed by atoms with Crippen LogP contribution >= 0.6 is 0 Å². The van der Waals surface area contributed by atoms with Crippen LogP contribution in [0, 0.1) is 12.7 Å². The highest BCUT2D eigenvalue weighted by Crippen LogP contribution is 2.21. The first-order chi connectivity index (χ1) is 13.4. The Labute approximate surface area is 165 Å². The minimum Gasteiger partial charge on any atom is -0.342 e. The second-order valence-electron chi connectivity index (χ2n) is 7.12. The van der Waals surface area contributed by atoms with Crippen LogP contribution in [0.4, 0.5) is 4.39 Å². The minimum absolute atomic E-state index is 0.0980. The SMILES string of the molecule is Cc1ccc(S(=O)(=O)N(CC(=O)N2CCCCC2)Cc2ccccc2F)cc1. The molecular weight excluding hydrogens is 379 g/mol. The molecule has 1 saturated heterocycles. The Kier molecular flexibility index (Phi) is 6.46. The number of aryl methyl sites for hydroxylation is 1. The standard InChI is InChI=1S/C21H25FN2O3S/c1-17-9-11-19(12-10-17)28(26,27)24(15-18-7-3-4-8-20(18)22)16-21(25)23-13-5-2-6-14-23/h3-4,7-12H,2,5-6,13-16H2,1H3. The lowest BCUT2D eigenvalue weighted by Gasteiger charge is -2.30. The third-order valence-electron chi connectivity index (χ3n) is 4.98. The number of piperidine rings is 1. The second kappa shape index (κ2) is 8.84. The van der Waals surface area contributed by atoms with Gasteiger partial charge in [0.25, 0.3) is 0 Å². The molecule has 2 aromatic rings. The summed E-state index contributed by atoms with van der Waals surface area (Å²) in [5.41, 5.74) is 1.17. The fourth-order valence-electron chi connectivity index (χ4n) is 3.30. The summed E-state index contributed by atoms with van der Waals surface area (Å²) < 4.78 is 41.7. The zero-order valence-corrected chi connectivity index (χ0v) is 16.8. The van der Waals surface area contributed by atoms with Crippen LogP contribution in [0.15, 0.2) is 53.4 Å². The summed E-state index contributed by atoms with van der Waals surface area (Å²) >= 11 is 0. The molecule has 0 radical (unpaired) electrons. The topological polar surface area (TPSA) is 57.7 Å². The molecule has 3 rings (SSSR count). The molecule has 150 valence electrons. The quantitative estimate of drug-likeness (QED) is 0.742. The van der Waals surface area contributed by atoms with Gasteiger partial charge < -0.3 is 4.90 Å². The normalized spacial score (nSPS) is 15.0. The Morgan fingerprint density at radius 1 is 1.04 bits per heavy atom. The van der Waals surface area contributed by atoms with E-state index < -0.39 is 15.8 Å². The van der Waals surface area contributed by atoms with Crippen molar-refractivity contribution in [2.24, 2.45) is 0 Å². The Morgan fingerprint density at radius 2 is 1.68 bits per heavy atom. The Bertz CT molecular complexity index is 923. The van der Waals surface area contributed by atoms with Crippen LogP contribution in [-0.2, 0) is 21.4 Å². The highest BCUT2D eigenvalue weighted by molar-refractivity contribution is 7.89. The summed E-state index contributed by atoms with van der Waals surface area (Å²) in [6, 6.07) is 12.5. The lowest BCUT2D eigenvalue weighted by atomic mass is 10.1. The van der Waals surface area contributed by atoms with E-state index in [1.807, 2.05) is 6.92 Å². The van der Waals surface area contributed by atoms with Crippen molar-refractivity contribution >= 4 is 15.9 Å². The highest BCUT2D eigenvalue weighted by atomic mass is 32.2. The van der Waals surface area contributed by atoms with E-state index in [2.05, 4.69) is 0 Å². The molecule has 1 heterocycles. The summed E-state index contributed by atoms with van der Waals surface area (Å²) in [5, 5.41) is 0. The highest BCUT2D eigenvalue weighted by Gasteiger charge is 2.29. The van der Waals surface area contributed by atoms with Gasteiger partial charge in [-0.15, -0.1) is 0 Å². The van der Waals surface area contributed by atoms with Crippen LogP contribution < -0.4 is 0 Å². The largest absolute Gasteiger partial charge is 0.342 e. The van der Waals surface area contributed by atoms with Crippen molar-refractivity contribution in [2.45, 2.75) is 37.6 Å². The Hall–Kier alpha value is -2.25. The number of likely N-dealkylation sites (tertiary alicyclic amines) is 1. The van der Waals surface area contributed by atoms with Crippen molar-refractivity contribution in [1.82, 2.24) is 9.21 Å². The zero-order chi connectivity index (χ0) is 20.1. The Balaban J connectivity index is 1.90. The summed E-state index contributed by atoms with van der Waals surface area (Å²) in [5.74, 6) is -0.733. The average molecular weight is 405 g/mol. The number of carbonyl (C=O) groups excluding carboxylic acids is 1. The molecule has 28 heavy (non-hydrogen) atoms. The van der Waals surface area contributed by atoms with Crippen LogP contribution in [0.1, 0.15) is 30.4 Å². The van der Waals surface area contributed by atoms with E-state index in [-0.39, 0.29) is 29.5 Å². The van der Waals surface area contributed by atoms with Crippen molar-refractivity contribution in [3.05, 3.63) is 65.5 Å². The molecule has 0 aromatic heterocycles. The van der Waals surface area contributed by atoms with Crippen LogP contribution in [-0.4, -0.2) is 43.2 Å². The first kappa shape index (κ1) is 20.5. The fourth-order valence-corrected chi connectivity index (χ4v) is 4.66. The summed E-state index contributed by atoms with van der Waals surface area (Å²) in [7, 11) is -3.95. The van der Waals surface area contributed by atoms with Gasteiger partial charge in [-0.25, -0.2) is 12.8 Å². The number of nitrogens with zero attached hydrogens (tertiary/aromatic N) is 2. The maximum absolute atomic E-state index is 14.2. The van der Waals surface area contributed by atoms with Crippen molar-refractivity contribution < 1.29 is 17.6 Å². The third-order valence-corrected chi connectivity index (χ3v) is 6.79. The van der Waals surface area contributed by atoms with E-state index in [0.29, 0.717) is 13.1 Å². The smallest absolute Gasteiger partial charge is 0.243 e. The van der Waals surface area contributed by atoms with E-state index in [4.69, 9.17) is 0 Å². The van der Waals surface area contributed by atoms with Gasteiger partial charge in [-0.2, -0.15) is 4.31 Å². The average Bonchev–Trinajstić information content (AvgIpc) is 2.70. The van der Waals surface area contributed by atoms with E-state index in [0.717, 1.165) is 29.1 Å². The fraction of sp³-hybridized carbons (Fsp3) is 0.381. The molecule has 0 unspecified atom stereocenters. The first-order valence-electron chi connectivity index (χ1n) is 9.46. The third kappa shape index (κ3) is 4.77. The molecule has 1 fully saturated rings. The van der Waals surface area contributed by atoms with Gasteiger partial charge in [-0.05, 0) is 44.4 Å². The molecule has 0 saturated carbocycles. The van der Waals surface area contributed by atoms with Gasteiger partial charge in [0.2, 0.25) is 15.9 Å². The predicted octanol–water partition coefficient (Wildman–Crippen LogP) is 3.34. The molecule has 7 heteroatoms. The van der Waals surface area contributed by atoms with E-state index in [1.54, 1.807) is 35.2 Å². The Morgan fingerprint density at radius 3 is 2.32 bits per heavy atom. The molecule has 0 aliphatic carbocycles. The van der Waals surface area contributed by atoms with Crippen molar-refractivity contribution in [3.8, 4) is 0 Å². The van der Waals surface area contributed by atoms with Gasteiger partial charge in [0.1, 0.15) is 5.82 Å². The lowest BCUT2D eigenvalue weighted by molar-refractivity contribution is -0.132. The number of hydrogen-bond acceptors (Lipinski definition) is 3. The van der Waals surface area contributed by atoms with Crippen LogP contribution in [0.3, 0.4) is 0 Å². The molecule has 1 amide bonds. The van der Waals surface area contributed by atoms with Crippen molar-refractivity contribution in [1.29, 1.82) is 0 Å². The molecule has 0 atom stereocenters. The van der Waals surface area contributed by atoms with Crippen molar-refractivity contribution in [2.75, 3.05) is 19.6 Å². The van der Waals surface area contributed by atoms with Gasteiger partial charge in [0.15, 0.2) is 0 Å². The zero-order valence-electron chi connectivity index (χ0n) is 16.0. The monoisotopic (exact) mass is 404 g/mol. The number of sulfonamides is 1. The molecule has 1 aliphatic heterocycles. The summed E-state index contributed by atoms with van der Waals surface area (Å²) in [4.78, 5) is 14.5. The van der Waals surface area contributed by atoms with E-state index in [1.165, 1.54) is 18.2 Å². The predicted molar refractivity (Wildman–Crippen MR) is 106 cm³/mol. The molecule has 0 spiro atoms. The first-order valence-corrected chi connectivity index (χ1v) is 10.9. The lowest BCUT2D eigenvalue weighted by Crippen LogP contribution is -2.44. The van der Waals surface area contributed by atoms with Crippen LogP contribution in [0.5, 0.6) is 0 Å². The van der Waals surface area contributed by atoms with Gasteiger partial charge in [0.05, 0.1) is 11.4 Å². The molecule has 0 N–H and O–H groups in total. The minimum atomic E-state index is -3.95. The number of benzene rings is 2.